The number of nitrogens with one attached hydrogen (secondary N) is 1. The molecular weight excluding hydrogens is 330 g/mol. The normalized spacial score (nSPS) is 27.0. The summed E-state index contributed by atoms with van der Waals surface area (Å²) in [6, 6.07) is 8.14. The van der Waals surface area contributed by atoms with Crippen molar-refractivity contribution in [1.29, 1.82) is 0 Å². The highest BCUT2D eigenvalue weighted by Gasteiger charge is 2.49. The van der Waals surface area contributed by atoms with E-state index in [1.165, 1.54) is 10.6 Å². The molecule has 2 saturated heterocycles. The van der Waals surface area contributed by atoms with Crippen LogP contribution in [0.15, 0.2) is 24.3 Å². The van der Waals surface area contributed by atoms with Gasteiger partial charge in [0.25, 0.3) is 0 Å². The first-order chi connectivity index (χ1) is 12.7. The van der Waals surface area contributed by atoms with Gasteiger partial charge in [-0.1, -0.05) is 12.8 Å². The lowest BCUT2D eigenvalue weighted by atomic mass is 9.81. The molecule has 140 valence electrons. The van der Waals surface area contributed by atoms with E-state index in [2.05, 4.69) is 17.0 Å². The fourth-order valence-electron chi connectivity index (χ4n) is 4.64. The number of carbonyl (C=O) groups excluding carboxylic acids is 2. The zero-order valence-corrected chi connectivity index (χ0v) is 15.4. The average molecular weight is 358 g/mol. The fraction of sp³-hybridized carbons (Fsp3) is 0.600. The van der Waals surface area contributed by atoms with E-state index in [1.807, 2.05) is 12.1 Å². The summed E-state index contributed by atoms with van der Waals surface area (Å²) < 4.78 is 5.22. The highest BCUT2D eigenvalue weighted by atomic mass is 16.5. The van der Waals surface area contributed by atoms with Crippen molar-refractivity contribution < 1.29 is 19.2 Å². The lowest BCUT2D eigenvalue weighted by Gasteiger charge is -2.35. The number of nitrogens with zero attached hydrogens (tertiary/aromatic N) is 2. The maximum atomic E-state index is 12.6. The Balaban J connectivity index is 1.33. The maximum absolute atomic E-state index is 12.6. The second-order valence-electron chi connectivity index (χ2n) is 7.70. The molecule has 1 N–H and O–H groups in total. The number of benzene rings is 1. The number of methoxy groups -OCH3 is 1. The first kappa shape index (κ1) is 17.3. The van der Waals surface area contributed by atoms with Gasteiger partial charge in [-0.2, -0.15) is 0 Å². The summed E-state index contributed by atoms with van der Waals surface area (Å²) in [6.45, 7) is 4.30. The van der Waals surface area contributed by atoms with Gasteiger partial charge in [0.15, 0.2) is 6.67 Å². The van der Waals surface area contributed by atoms with Crippen molar-refractivity contribution in [3.05, 3.63) is 24.3 Å². The Morgan fingerprint density at radius 2 is 1.58 bits per heavy atom. The van der Waals surface area contributed by atoms with Gasteiger partial charge >= 0.3 is 0 Å². The Labute approximate surface area is 154 Å². The third-order valence-corrected chi connectivity index (χ3v) is 6.22. The monoisotopic (exact) mass is 358 g/mol. The molecule has 0 spiro atoms. The number of quaternary nitrogens is 1. The van der Waals surface area contributed by atoms with Gasteiger partial charge < -0.3 is 14.5 Å². The smallest absolute Gasteiger partial charge is 0.237 e. The highest BCUT2D eigenvalue weighted by molar-refractivity contribution is 6.05. The minimum Gasteiger partial charge on any atom is -0.497 e. The van der Waals surface area contributed by atoms with Crippen LogP contribution in [0, 0.1) is 11.8 Å². The summed E-state index contributed by atoms with van der Waals surface area (Å²) in [5.74, 6) is 0.979. The maximum Gasteiger partial charge on any atom is 0.237 e. The van der Waals surface area contributed by atoms with Crippen LogP contribution in [-0.4, -0.2) is 56.7 Å². The molecule has 3 fully saturated rings. The zero-order chi connectivity index (χ0) is 18.1. The van der Waals surface area contributed by atoms with E-state index in [4.69, 9.17) is 4.74 Å². The largest absolute Gasteiger partial charge is 0.497 e. The molecule has 2 amide bonds. The Hall–Kier alpha value is -2.08. The van der Waals surface area contributed by atoms with Crippen LogP contribution in [0.4, 0.5) is 5.69 Å². The number of piperazine rings is 1. The predicted octanol–water partition coefficient (Wildman–Crippen LogP) is 0.533. The molecule has 0 bridgehead atoms. The number of carbonyl (C=O) groups is 2. The number of imide groups is 1. The van der Waals surface area contributed by atoms with Crippen LogP contribution in [0.5, 0.6) is 5.75 Å². The minimum atomic E-state index is -0.0313. The molecule has 2 heterocycles. The van der Waals surface area contributed by atoms with E-state index >= 15 is 0 Å². The molecule has 6 nitrogen and oxygen atoms in total. The predicted molar refractivity (Wildman–Crippen MR) is 98.1 cm³/mol. The molecule has 26 heavy (non-hydrogen) atoms. The molecule has 0 aromatic heterocycles. The number of hydrogen-bond donors (Lipinski definition) is 1. The first-order valence-corrected chi connectivity index (χ1v) is 9.75. The van der Waals surface area contributed by atoms with Crippen molar-refractivity contribution in [3.63, 3.8) is 0 Å². The molecular formula is C20H28N3O3+. The summed E-state index contributed by atoms with van der Waals surface area (Å²) in [6.07, 6.45) is 3.96. The zero-order valence-electron chi connectivity index (χ0n) is 15.4. The molecule has 1 aromatic rings. The number of amides is 2. The van der Waals surface area contributed by atoms with Gasteiger partial charge in [-0.3, -0.25) is 9.59 Å². The van der Waals surface area contributed by atoms with Gasteiger partial charge in [-0.25, -0.2) is 4.90 Å². The topological polar surface area (TPSA) is 54.3 Å². The second kappa shape index (κ2) is 7.27. The molecule has 2 atom stereocenters. The first-order valence-electron chi connectivity index (χ1n) is 9.75. The van der Waals surface area contributed by atoms with Gasteiger partial charge in [-0.15, -0.1) is 0 Å². The minimum absolute atomic E-state index is 0.0313. The Bertz CT molecular complexity index is 643. The van der Waals surface area contributed by atoms with Gasteiger partial charge in [-0.05, 0) is 37.1 Å². The van der Waals surface area contributed by atoms with E-state index in [0.717, 1.165) is 57.6 Å². The molecule has 1 aliphatic carbocycles. The van der Waals surface area contributed by atoms with Crippen LogP contribution in [0.1, 0.15) is 25.7 Å². The van der Waals surface area contributed by atoms with Gasteiger partial charge in [0.1, 0.15) is 5.75 Å². The van der Waals surface area contributed by atoms with Crippen LogP contribution >= 0.6 is 0 Å². The number of likely N-dealkylation sites (tertiary alicyclic amines) is 1. The van der Waals surface area contributed by atoms with Crippen molar-refractivity contribution in [2.75, 3.05) is 44.9 Å². The molecule has 1 saturated carbocycles. The van der Waals surface area contributed by atoms with Crippen LogP contribution in [0.3, 0.4) is 0 Å². The molecule has 6 heteroatoms. The van der Waals surface area contributed by atoms with Gasteiger partial charge in [0.05, 0.1) is 45.1 Å². The number of hydrogen-bond acceptors (Lipinski definition) is 4. The van der Waals surface area contributed by atoms with Crippen LogP contribution in [0.25, 0.3) is 0 Å². The number of ether oxygens (including phenoxy) is 1. The summed E-state index contributed by atoms with van der Waals surface area (Å²) in [5, 5.41) is 0. The summed E-state index contributed by atoms with van der Waals surface area (Å²) in [7, 11) is 1.67. The van der Waals surface area contributed by atoms with E-state index < -0.39 is 0 Å². The fourth-order valence-corrected chi connectivity index (χ4v) is 4.64. The average Bonchev–Trinajstić information content (AvgIpc) is 2.94. The Kier molecular flexibility index (Phi) is 4.85. The quantitative estimate of drug-likeness (QED) is 0.798. The highest BCUT2D eigenvalue weighted by Crippen LogP contribution is 2.37. The Morgan fingerprint density at radius 1 is 1.00 bits per heavy atom. The molecule has 3 aliphatic rings. The van der Waals surface area contributed by atoms with Crippen molar-refractivity contribution in [1.82, 2.24) is 4.90 Å². The van der Waals surface area contributed by atoms with Gasteiger partial charge in [0.2, 0.25) is 11.8 Å². The lowest BCUT2D eigenvalue weighted by Crippen LogP contribution is -3.16. The summed E-state index contributed by atoms with van der Waals surface area (Å²) in [5.41, 5.74) is 1.20. The SMILES string of the molecule is COc1ccc(N2CC[NH+](CN3C(=O)[C@H]4CCCC[C@H]4C3=O)CC2)cc1. The van der Waals surface area contributed by atoms with E-state index in [9.17, 15) is 9.59 Å². The lowest BCUT2D eigenvalue weighted by molar-refractivity contribution is -0.908. The van der Waals surface area contributed by atoms with Crippen LogP contribution in [0.2, 0.25) is 0 Å². The third kappa shape index (κ3) is 3.18. The van der Waals surface area contributed by atoms with E-state index in [1.54, 1.807) is 12.0 Å². The Morgan fingerprint density at radius 3 is 2.12 bits per heavy atom. The molecule has 1 aromatic carbocycles. The molecule has 2 aliphatic heterocycles. The van der Waals surface area contributed by atoms with Crippen molar-refractivity contribution >= 4 is 17.5 Å². The number of rotatable bonds is 4. The molecule has 0 unspecified atom stereocenters. The van der Waals surface area contributed by atoms with Crippen molar-refractivity contribution in [2.24, 2.45) is 11.8 Å². The van der Waals surface area contributed by atoms with Crippen molar-refractivity contribution in [2.45, 2.75) is 25.7 Å². The van der Waals surface area contributed by atoms with Crippen LogP contribution < -0.4 is 14.5 Å². The summed E-state index contributed by atoms with van der Waals surface area (Å²) in [4.78, 5) is 30.5. The van der Waals surface area contributed by atoms with E-state index in [-0.39, 0.29) is 23.7 Å². The molecule has 0 radical (unpaired) electrons. The second-order valence-corrected chi connectivity index (χ2v) is 7.70. The summed E-state index contributed by atoms with van der Waals surface area (Å²) >= 11 is 0. The number of anilines is 1. The van der Waals surface area contributed by atoms with Crippen LogP contribution in [-0.2, 0) is 9.59 Å². The van der Waals surface area contributed by atoms with Crippen molar-refractivity contribution in [3.8, 4) is 5.75 Å². The standard InChI is InChI=1S/C20H27N3O3/c1-26-16-8-6-15(7-9-16)22-12-10-21(11-13-22)14-23-19(24)17-4-2-3-5-18(17)20(23)25/h6-9,17-18H,2-5,10-14H2,1H3/p+1/t17-,18+. The molecule has 4 rings (SSSR count). The van der Waals surface area contributed by atoms with E-state index in [0.29, 0.717) is 6.67 Å². The third-order valence-electron chi connectivity index (χ3n) is 6.22. The number of fused-ring (bicyclic) bond motifs is 1. The van der Waals surface area contributed by atoms with Gasteiger partial charge in [0, 0.05) is 5.69 Å².